The van der Waals surface area contributed by atoms with Crippen LogP contribution in [0, 0.1) is 0 Å². The van der Waals surface area contributed by atoms with Crippen LogP contribution >= 0.6 is 0 Å². The van der Waals surface area contributed by atoms with Crippen LogP contribution in [0.15, 0.2) is 36.8 Å². The van der Waals surface area contributed by atoms with Crippen molar-refractivity contribution in [1.82, 2.24) is 9.55 Å². The van der Waals surface area contributed by atoms with Gasteiger partial charge in [-0.25, -0.2) is 4.98 Å². The van der Waals surface area contributed by atoms with E-state index >= 15 is 0 Å². The minimum absolute atomic E-state index is 0.700. The summed E-state index contributed by atoms with van der Waals surface area (Å²) in [5.74, 6) is 0. The van der Waals surface area contributed by atoms with Crippen molar-refractivity contribution < 1.29 is 4.74 Å². The average molecular weight is 417 g/mol. The molecule has 0 aliphatic heterocycles. The molecule has 0 saturated heterocycles. The van der Waals surface area contributed by atoms with Crippen molar-refractivity contribution in [2.24, 2.45) is 0 Å². The number of aromatic nitrogens is 2. The van der Waals surface area contributed by atoms with Crippen molar-refractivity contribution in [3.63, 3.8) is 0 Å². The van der Waals surface area contributed by atoms with Gasteiger partial charge in [0.25, 0.3) is 0 Å². The minimum Gasteiger partial charge on any atom is -0.375 e. The molecular formula is C27H48N2O. The van der Waals surface area contributed by atoms with Crippen molar-refractivity contribution in [3.05, 3.63) is 42.5 Å². The predicted octanol–water partition coefficient (Wildman–Crippen LogP) is 8.40. The maximum Gasteiger partial charge on any atom is 0.0948 e. The quantitative estimate of drug-likeness (QED) is 0.148. The zero-order valence-corrected chi connectivity index (χ0v) is 20.0. The maximum atomic E-state index is 5.78. The topological polar surface area (TPSA) is 27.1 Å². The first-order chi connectivity index (χ1) is 14.9. The van der Waals surface area contributed by atoms with Crippen molar-refractivity contribution in [3.8, 4) is 0 Å². The molecule has 0 spiro atoms. The Bertz CT molecular complexity index is 533. The van der Waals surface area contributed by atoms with Crippen LogP contribution in [-0.2, 0) is 17.9 Å². The molecule has 0 amide bonds. The zero-order valence-electron chi connectivity index (χ0n) is 20.0. The fourth-order valence-corrected chi connectivity index (χ4v) is 3.57. The number of unbranched alkanes of at least 4 members (excludes halogenated alkanes) is 11. The third-order valence-corrected chi connectivity index (χ3v) is 5.54. The van der Waals surface area contributed by atoms with E-state index in [0.29, 0.717) is 6.61 Å². The van der Waals surface area contributed by atoms with Gasteiger partial charge >= 0.3 is 0 Å². The number of rotatable bonds is 21. The van der Waals surface area contributed by atoms with Gasteiger partial charge in [-0.1, -0.05) is 89.5 Å². The maximum absolute atomic E-state index is 5.78. The number of allylic oxidation sites excluding steroid dienone is 4. The van der Waals surface area contributed by atoms with E-state index in [4.69, 9.17) is 4.74 Å². The van der Waals surface area contributed by atoms with E-state index in [9.17, 15) is 0 Å². The molecule has 1 aromatic heterocycles. The molecule has 3 nitrogen and oxygen atoms in total. The first kappa shape index (κ1) is 26.7. The molecule has 1 rings (SSSR count). The molecular weight excluding hydrogens is 368 g/mol. The van der Waals surface area contributed by atoms with Gasteiger partial charge in [0.15, 0.2) is 0 Å². The monoisotopic (exact) mass is 416 g/mol. The summed E-state index contributed by atoms with van der Waals surface area (Å²) in [6, 6.07) is 0. The van der Waals surface area contributed by atoms with Crippen molar-refractivity contribution in [2.45, 2.75) is 123 Å². The van der Waals surface area contributed by atoms with E-state index in [1.807, 2.05) is 12.5 Å². The summed E-state index contributed by atoms with van der Waals surface area (Å²) < 4.78 is 8.05. The van der Waals surface area contributed by atoms with Gasteiger partial charge < -0.3 is 9.30 Å². The Hall–Kier alpha value is -1.35. The van der Waals surface area contributed by atoms with Crippen LogP contribution in [0.2, 0.25) is 0 Å². The van der Waals surface area contributed by atoms with Crippen LogP contribution in [0.5, 0.6) is 0 Å². The largest absolute Gasteiger partial charge is 0.375 e. The lowest BCUT2D eigenvalue weighted by Gasteiger charge is -2.09. The van der Waals surface area contributed by atoms with E-state index in [0.717, 1.165) is 26.0 Å². The van der Waals surface area contributed by atoms with E-state index in [2.05, 4.69) is 47.7 Å². The van der Waals surface area contributed by atoms with Crippen molar-refractivity contribution in [2.75, 3.05) is 6.61 Å². The minimum atomic E-state index is 0.700. The van der Waals surface area contributed by atoms with Crippen LogP contribution in [-0.4, -0.2) is 16.2 Å². The summed E-state index contributed by atoms with van der Waals surface area (Å²) in [5.41, 5.74) is 1.22. The number of aryl methyl sites for hydroxylation is 1. The number of nitrogens with zero attached hydrogens (tertiary/aromatic N) is 2. The normalized spacial score (nSPS) is 11.9. The summed E-state index contributed by atoms with van der Waals surface area (Å²) in [6.07, 6.45) is 32.5. The molecule has 1 aromatic rings. The zero-order chi connectivity index (χ0) is 21.5. The van der Waals surface area contributed by atoms with Crippen LogP contribution in [0.1, 0.15) is 116 Å². The number of ether oxygens (including phenoxy) is 1. The number of imidazole rings is 1. The van der Waals surface area contributed by atoms with Gasteiger partial charge in [-0.15, -0.1) is 0 Å². The van der Waals surface area contributed by atoms with Crippen LogP contribution in [0.4, 0.5) is 0 Å². The standard InChI is InChI=1S/C27H48N2O/c1-3-5-7-8-9-10-11-12-13-14-15-16-17-18-19-20-22-29-26-28-24-27(29)25-30-23-21-6-4-2/h9-10,12-13,24,26H,3-8,11,14-23,25H2,1-2H3/b10-9-,13-12-. The first-order valence-electron chi connectivity index (χ1n) is 12.7. The third-order valence-electron chi connectivity index (χ3n) is 5.54. The molecule has 0 aromatic carbocycles. The van der Waals surface area contributed by atoms with E-state index in [1.165, 1.54) is 89.2 Å². The summed E-state index contributed by atoms with van der Waals surface area (Å²) in [6.45, 7) is 7.12. The molecule has 0 fully saturated rings. The molecule has 0 N–H and O–H groups in total. The first-order valence-corrected chi connectivity index (χ1v) is 12.7. The molecule has 0 unspecified atom stereocenters. The molecule has 0 saturated carbocycles. The second-order valence-corrected chi connectivity index (χ2v) is 8.42. The Morgan fingerprint density at radius 3 is 2.13 bits per heavy atom. The summed E-state index contributed by atoms with van der Waals surface area (Å²) >= 11 is 0. The van der Waals surface area contributed by atoms with E-state index < -0.39 is 0 Å². The van der Waals surface area contributed by atoms with Gasteiger partial charge in [-0.2, -0.15) is 0 Å². The van der Waals surface area contributed by atoms with Gasteiger partial charge in [-0.3, -0.25) is 0 Å². The highest BCUT2D eigenvalue weighted by Crippen LogP contribution is 2.10. The molecule has 172 valence electrons. The highest BCUT2D eigenvalue weighted by molar-refractivity contribution is 4.96. The highest BCUT2D eigenvalue weighted by Gasteiger charge is 2.02. The van der Waals surface area contributed by atoms with Gasteiger partial charge in [0.1, 0.15) is 0 Å². The Kier molecular flexibility index (Phi) is 18.6. The Morgan fingerprint density at radius 1 is 0.767 bits per heavy atom. The van der Waals surface area contributed by atoms with Crippen molar-refractivity contribution >= 4 is 0 Å². The molecule has 3 heteroatoms. The van der Waals surface area contributed by atoms with Crippen LogP contribution in [0.3, 0.4) is 0 Å². The Balaban J connectivity index is 1.92. The lowest BCUT2D eigenvalue weighted by atomic mass is 10.1. The lowest BCUT2D eigenvalue weighted by Crippen LogP contribution is -2.04. The van der Waals surface area contributed by atoms with Gasteiger partial charge in [0.2, 0.25) is 0 Å². The summed E-state index contributed by atoms with van der Waals surface area (Å²) in [4.78, 5) is 4.30. The Labute approximate surface area is 187 Å². The molecule has 0 atom stereocenters. The smallest absolute Gasteiger partial charge is 0.0948 e. The average Bonchev–Trinajstić information content (AvgIpc) is 3.20. The Morgan fingerprint density at radius 2 is 1.40 bits per heavy atom. The predicted molar refractivity (Wildman–Crippen MR) is 131 cm³/mol. The molecule has 1 heterocycles. The highest BCUT2D eigenvalue weighted by atomic mass is 16.5. The van der Waals surface area contributed by atoms with Crippen LogP contribution in [0.25, 0.3) is 0 Å². The van der Waals surface area contributed by atoms with Gasteiger partial charge in [0.05, 0.1) is 24.8 Å². The fourth-order valence-electron chi connectivity index (χ4n) is 3.57. The molecule has 0 radical (unpaired) electrons. The van der Waals surface area contributed by atoms with Gasteiger partial charge in [0, 0.05) is 13.2 Å². The summed E-state index contributed by atoms with van der Waals surface area (Å²) in [5, 5.41) is 0. The fraction of sp³-hybridized carbons (Fsp3) is 0.741. The van der Waals surface area contributed by atoms with Crippen LogP contribution < -0.4 is 0 Å². The SMILES string of the molecule is CCCCC/C=C\C/C=C\CCCCCCCCn1cncc1COCCCCC. The number of hydrogen-bond acceptors (Lipinski definition) is 2. The molecule has 0 bridgehead atoms. The van der Waals surface area contributed by atoms with E-state index in [1.54, 1.807) is 0 Å². The lowest BCUT2D eigenvalue weighted by molar-refractivity contribution is 0.112. The molecule has 0 aliphatic rings. The number of hydrogen-bond donors (Lipinski definition) is 0. The van der Waals surface area contributed by atoms with Gasteiger partial charge in [-0.05, 0) is 44.9 Å². The van der Waals surface area contributed by atoms with Crippen molar-refractivity contribution in [1.29, 1.82) is 0 Å². The molecule has 0 aliphatic carbocycles. The second kappa shape index (κ2) is 20.9. The second-order valence-electron chi connectivity index (χ2n) is 8.42. The third kappa shape index (κ3) is 15.5. The van der Waals surface area contributed by atoms with E-state index in [-0.39, 0.29) is 0 Å². The molecule has 30 heavy (non-hydrogen) atoms. The summed E-state index contributed by atoms with van der Waals surface area (Å²) in [7, 11) is 0.